The van der Waals surface area contributed by atoms with E-state index < -0.39 is 12.2 Å². The molecule has 1 saturated heterocycles. The highest BCUT2D eigenvalue weighted by molar-refractivity contribution is 5.79. The second kappa shape index (κ2) is 7.85. The predicted molar refractivity (Wildman–Crippen MR) is 106 cm³/mol. The minimum absolute atomic E-state index is 0.00607. The number of rotatable bonds is 4. The summed E-state index contributed by atoms with van der Waals surface area (Å²) < 4.78 is 46.6. The standard InChI is InChI=1S/C21H25F3N4O2/c1-13-9-18(21(22,23)24)28-19(25-13)11-17(26-28)15-7-8-27(12-15)20(29)10-14-3-5-16(30-2)6-4-14/h3-6,11,13,15,18,25H,7-10,12H2,1-2H3/t13-,15+,18-/m1/s1. The molecule has 3 atom stereocenters. The molecule has 1 fully saturated rings. The number of nitrogens with one attached hydrogen (secondary N) is 1. The van der Waals surface area contributed by atoms with Gasteiger partial charge in [0.25, 0.3) is 0 Å². The van der Waals surface area contributed by atoms with Crippen LogP contribution in [0.15, 0.2) is 30.3 Å². The second-order valence-electron chi connectivity index (χ2n) is 8.09. The molecule has 1 N–H and O–H groups in total. The number of halogens is 3. The summed E-state index contributed by atoms with van der Waals surface area (Å²) in [5.41, 5.74) is 1.51. The van der Waals surface area contributed by atoms with Crippen molar-refractivity contribution in [3.8, 4) is 5.75 Å². The SMILES string of the molecule is COc1ccc(CC(=O)N2CC[C@H](c3cc4n(n3)[C@@H](C(F)(F)F)C[C@@H](C)N4)C2)cc1. The van der Waals surface area contributed by atoms with Gasteiger partial charge in [0.1, 0.15) is 11.6 Å². The van der Waals surface area contributed by atoms with Crippen molar-refractivity contribution in [2.45, 2.75) is 50.4 Å². The first-order valence-electron chi connectivity index (χ1n) is 10.1. The Balaban J connectivity index is 1.44. The number of hydrogen-bond acceptors (Lipinski definition) is 4. The molecule has 1 aromatic carbocycles. The number of aromatic nitrogens is 2. The van der Waals surface area contributed by atoms with E-state index in [0.717, 1.165) is 16.0 Å². The lowest BCUT2D eigenvalue weighted by atomic mass is 10.0. The molecule has 162 valence electrons. The zero-order valence-corrected chi connectivity index (χ0v) is 16.9. The van der Waals surface area contributed by atoms with Crippen LogP contribution >= 0.6 is 0 Å². The Morgan fingerprint density at radius 1 is 1.30 bits per heavy atom. The number of likely N-dealkylation sites (tertiary alicyclic amines) is 1. The zero-order valence-electron chi connectivity index (χ0n) is 16.9. The normalized spacial score (nSPS) is 23.8. The lowest BCUT2D eigenvalue weighted by Crippen LogP contribution is -2.37. The van der Waals surface area contributed by atoms with Crippen molar-refractivity contribution in [3.05, 3.63) is 41.6 Å². The molecule has 6 nitrogen and oxygen atoms in total. The van der Waals surface area contributed by atoms with Crippen LogP contribution in [-0.2, 0) is 11.2 Å². The minimum Gasteiger partial charge on any atom is -0.497 e. The average Bonchev–Trinajstić information content (AvgIpc) is 3.34. The Hall–Kier alpha value is -2.71. The van der Waals surface area contributed by atoms with E-state index in [4.69, 9.17) is 4.74 Å². The van der Waals surface area contributed by atoms with Gasteiger partial charge in [-0.1, -0.05) is 12.1 Å². The summed E-state index contributed by atoms with van der Waals surface area (Å²) in [6, 6.07) is 7.16. The van der Waals surface area contributed by atoms with Crippen LogP contribution in [0.5, 0.6) is 5.75 Å². The number of amides is 1. The van der Waals surface area contributed by atoms with Gasteiger partial charge in [0.2, 0.25) is 5.91 Å². The number of fused-ring (bicyclic) bond motifs is 1. The summed E-state index contributed by atoms with van der Waals surface area (Å²) in [4.78, 5) is 14.4. The molecule has 0 aliphatic carbocycles. The van der Waals surface area contributed by atoms with E-state index in [9.17, 15) is 18.0 Å². The number of alkyl halides is 3. The highest BCUT2D eigenvalue weighted by atomic mass is 19.4. The lowest BCUT2D eigenvalue weighted by molar-refractivity contribution is -0.173. The van der Waals surface area contributed by atoms with Crippen LogP contribution in [0.3, 0.4) is 0 Å². The Bertz CT molecular complexity index is 910. The first kappa shape index (κ1) is 20.6. The molecule has 2 aromatic rings. The second-order valence-corrected chi connectivity index (χ2v) is 8.09. The monoisotopic (exact) mass is 422 g/mol. The van der Waals surface area contributed by atoms with Crippen LogP contribution in [0.1, 0.15) is 43.0 Å². The van der Waals surface area contributed by atoms with E-state index in [-0.39, 0.29) is 30.7 Å². The first-order chi connectivity index (χ1) is 14.2. The molecule has 1 aromatic heterocycles. The Labute approximate surface area is 173 Å². The van der Waals surface area contributed by atoms with Crippen LogP contribution in [0.25, 0.3) is 0 Å². The molecule has 1 amide bonds. The highest BCUT2D eigenvalue weighted by Gasteiger charge is 2.46. The van der Waals surface area contributed by atoms with E-state index in [1.165, 1.54) is 0 Å². The van der Waals surface area contributed by atoms with E-state index in [2.05, 4.69) is 10.4 Å². The molecule has 0 saturated carbocycles. The third-order valence-electron chi connectivity index (χ3n) is 5.87. The van der Waals surface area contributed by atoms with E-state index >= 15 is 0 Å². The molecule has 9 heteroatoms. The first-order valence-corrected chi connectivity index (χ1v) is 10.1. The van der Waals surface area contributed by atoms with Gasteiger partial charge in [-0.2, -0.15) is 18.3 Å². The van der Waals surface area contributed by atoms with E-state index in [0.29, 0.717) is 31.0 Å². The van der Waals surface area contributed by atoms with Gasteiger partial charge in [-0.05, 0) is 37.5 Å². The van der Waals surface area contributed by atoms with Gasteiger partial charge in [-0.3, -0.25) is 4.79 Å². The van der Waals surface area contributed by atoms with Gasteiger partial charge in [-0.25, -0.2) is 4.68 Å². The van der Waals surface area contributed by atoms with Crippen molar-refractivity contribution in [2.24, 2.45) is 0 Å². The maximum absolute atomic E-state index is 13.5. The number of hydrogen-bond donors (Lipinski definition) is 1. The molecule has 0 unspecified atom stereocenters. The zero-order chi connectivity index (χ0) is 21.5. The maximum Gasteiger partial charge on any atom is 0.410 e. The van der Waals surface area contributed by atoms with Crippen molar-refractivity contribution in [3.63, 3.8) is 0 Å². The summed E-state index contributed by atoms with van der Waals surface area (Å²) >= 11 is 0. The third-order valence-corrected chi connectivity index (χ3v) is 5.87. The van der Waals surface area contributed by atoms with Crippen LogP contribution in [0.4, 0.5) is 19.0 Å². The third kappa shape index (κ3) is 4.11. The smallest absolute Gasteiger partial charge is 0.410 e. The van der Waals surface area contributed by atoms with Gasteiger partial charge in [0.05, 0.1) is 19.2 Å². The van der Waals surface area contributed by atoms with Gasteiger partial charge >= 0.3 is 6.18 Å². The van der Waals surface area contributed by atoms with Crippen LogP contribution < -0.4 is 10.1 Å². The van der Waals surface area contributed by atoms with Crippen LogP contribution in [0.2, 0.25) is 0 Å². The number of nitrogens with zero attached hydrogens (tertiary/aromatic N) is 3. The Kier molecular flexibility index (Phi) is 5.38. The minimum atomic E-state index is -4.34. The molecule has 0 bridgehead atoms. The van der Waals surface area contributed by atoms with Gasteiger partial charge in [0.15, 0.2) is 6.04 Å². The topological polar surface area (TPSA) is 59.4 Å². The predicted octanol–water partition coefficient (Wildman–Crippen LogP) is 3.76. The summed E-state index contributed by atoms with van der Waals surface area (Å²) in [6.07, 6.45) is -3.41. The Morgan fingerprint density at radius 3 is 2.70 bits per heavy atom. The number of carbonyl (C=O) groups is 1. The summed E-state index contributed by atoms with van der Waals surface area (Å²) in [5.74, 6) is 1.07. The fraction of sp³-hybridized carbons (Fsp3) is 0.524. The van der Waals surface area contributed by atoms with Crippen molar-refractivity contribution in [1.82, 2.24) is 14.7 Å². The summed E-state index contributed by atoms with van der Waals surface area (Å²) in [5, 5.41) is 7.39. The number of carbonyl (C=O) groups excluding carboxylic acids is 1. The van der Waals surface area contributed by atoms with Gasteiger partial charge in [0, 0.05) is 31.1 Å². The van der Waals surface area contributed by atoms with Gasteiger partial charge < -0.3 is 15.0 Å². The van der Waals surface area contributed by atoms with E-state index in [1.807, 2.05) is 24.3 Å². The highest BCUT2D eigenvalue weighted by Crippen LogP contribution is 2.40. The molecule has 2 aliphatic rings. The van der Waals surface area contributed by atoms with Crippen molar-refractivity contribution >= 4 is 11.7 Å². The number of ether oxygens (including phenoxy) is 1. The number of benzene rings is 1. The van der Waals surface area contributed by atoms with Crippen molar-refractivity contribution < 1.29 is 22.7 Å². The Morgan fingerprint density at radius 2 is 2.03 bits per heavy atom. The molecule has 0 spiro atoms. The fourth-order valence-corrected chi connectivity index (χ4v) is 4.23. The molecular weight excluding hydrogens is 397 g/mol. The molecule has 3 heterocycles. The number of anilines is 1. The summed E-state index contributed by atoms with van der Waals surface area (Å²) in [7, 11) is 1.59. The maximum atomic E-state index is 13.5. The molecule has 4 rings (SSSR count). The summed E-state index contributed by atoms with van der Waals surface area (Å²) in [6.45, 7) is 2.79. The molecule has 0 radical (unpaired) electrons. The van der Waals surface area contributed by atoms with Crippen molar-refractivity contribution in [2.75, 3.05) is 25.5 Å². The number of methoxy groups -OCH3 is 1. The fourth-order valence-electron chi connectivity index (χ4n) is 4.23. The molecule has 30 heavy (non-hydrogen) atoms. The average molecular weight is 422 g/mol. The lowest BCUT2D eigenvalue weighted by Gasteiger charge is -2.31. The van der Waals surface area contributed by atoms with Crippen molar-refractivity contribution in [1.29, 1.82) is 0 Å². The largest absolute Gasteiger partial charge is 0.497 e. The molecular formula is C21H25F3N4O2. The van der Waals surface area contributed by atoms with Crippen LogP contribution in [-0.4, -0.2) is 53.0 Å². The quantitative estimate of drug-likeness (QED) is 0.815. The van der Waals surface area contributed by atoms with Crippen LogP contribution in [0, 0.1) is 0 Å². The molecule has 2 aliphatic heterocycles. The van der Waals surface area contributed by atoms with E-state index in [1.54, 1.807) is 25.0 Å². The van der Waals surface area contributed by atoms with Gasteiger partial charge in [-0.15, -0.1) is 0 Å².